The molecule has 1 amide bonds. The summed E-state index contributed by atoms with van der Waals surface area (Å²) in [6.07, 6.45) is 1.91. The Bertz CT molecular complexity index is 1920. The van der Waals surface area contributed by atoms with Crippen molar-refractivity contribution in [1.29, 1.82) is 0 Å². The lowest BCUT2D eigenvalue weighted by Crippen LogP contribution is -2.29. The van der Waals surface area contributed by atoms with Crippen LogP contribution in [0.3, 0.4) is 0 Å². The highest BCUT2D eigenvalue weighted by Crippen LogP contribution is 2.44. The molecule has 0 saturated carbocycles. The molecule has 228 valence electrons. The number of nitrogens with zero attached hydrogens (tertiary/aromatic N) is 3. The average Bonchev–Trinajstić information content (AvgIpc) is 3.63. The summed E-state index contributed by atoms with van der Waals surface area (Å²) in [5.74, 6) is -1.45. The molecule has 1 N–H and O–H groups in total. The van der Waals surface area contributed by atoms with E-state index in [0.717, 1.165) is 35.2 Å². The van der Waals surface area contributed by atoms with Crippen LogP contribution in [0, 0.1) is 12.7 Å². The summed E-state index contributed by atoms with van der Waals surface area (Å²) < 4.78 is 20.9. The zero-order valence-corrected chi connectivity index (χ0v) is 26.3. The van der Waals surface area contributed by atoms with E-state index < -0.39 is 29.3 Å². The summed E-state index contributed by atoms with van der Waals surface area (Å²) in [6, 6.07) is 24.5. The molecule has 4 aromatic carbocycles. The van der Waals surface area contributed by atoms with Crippen LogP contribution in [0.5, 0.6) is 5.75 Å². The molecular weight excluding hydrogens is 610 g/mol. The lowest BCUT2D eigenvalue weighted by Gasteiger charge is -2.22. The van der Waals surface area contributed by atoms with Crippen LogP contribution in [-0.4, -0.2) is 33.6 Å². The third-order valence-corrected chi connectivity index (χ3v) is 9.79. The number of benzene rings is 4. The minimum absolute atomic E-state index is 0.101. The number of amides is 1. The van der Waals surface area contributed by atoms with Gasteiger partial charge in [-0.05, 0) is 59.0 Å². The van der Waals surface area contributed by atoms with E-state index >= 15 is 0 Å². The monoisotopic (exact) mass is 639 g/mol. The number of hydrogen-bond donors (Lipinski definition) is 1. The highest BCUT2D eigenvalue weighted by atomic mass is 32.2. The zero-order chi connectivity index (χ0) is 31.5. The first-order chi connectivity index (χ1) is 21.9. The van der Waals surface area contributed by atoms with E-state index in [1.165, 1.54) is 40.1 Å². The SMILES string of the molecule is CCCCOc1ccc([C@H]2C(=C(O)c3ccc(C)c(F)c3)C(=O)C(=O)N2c2nnc(SCc3cccc4ccccc34)s2)cc1. The molecule has 45 heavy (non-hydrogen) atoms. The number of aliphatic hydroxyl groups excluding tert-OH is 1. The fraction of sp³-hybridized carbons (Fsp3) is 0.200. The molecule has 1 atom stereocenters. The van der Waals surface area contributed by atoms with Gasteiger partial charge < -0.3 is 9.84 Å². The van der Waals surface area contributed by atoms with Gasteiger partial charge in [-0.2, -0.15) is 0 Å². The molecule has 0 radical (unpaired) electrons. The van der Waals surface area contributed by atoms with Crippen LogP contribution in [0.15, 0.2) is 94.8 Å². The Balaban J connectivity index is 1.35. The predicted molar refractivity (Wildman–Crippen MR) is 176 cm³/mol. The summed E-state index contributed by atoms with van der Waals surface area (Å²) in [5.41, 5.74) is 2.05. The molecule has 0 spiro atoms. The predicted octanol–water partition coefficient (Wildman–Crippen LogP) is 8.24. The van der Waals surface area contributed by atoms with Crippen molar-refractivity contribution >= 4 is 56.5 Å². The number of carbonyl (C=O) groups is 2. The van der Waals surface area contributed by atoms with Crippen LogP contribution in [0.25, 0.3) is 16.5 Å². The fourth-order valence-corrected chi connectivity index (χ4v) is 7.11. The van der Waals surface area contributed by atoms with Gasteiger partial charge in [0.05, 0.1) is 18.2 Å². The Kier molecular flexibility index (Phi) is 8.95. The number of ether oxygens (including phenoxy) is 1. The number of thioether (sulfide) groups is 1. The topological polar surface area (TPSA) is 92.6 Å². The van der Waals surface area contributed by atoms with Crippen LogP contribution in [0.4, 0.5) is 9.52 Å². The summed E-state index contributed by atoms with van der Waals surface area (Å²) in [5, 5.41) is 22.5. The maximum atomic E-state index is 14.5. The maximum Gasteiger partial charge on any atom is 0.301 e. The van der Waals surface area contributed by atoms with Crippen molar-refractivity contribution in [2.75, 3.05) is 11.5 Å². The van der Waals surface area contributed by atoms with Gasteiger partial charge in [0.1, 0.15) is 17.3 Å². The third kappa shape index (κ3) is 6.21. The van der Waals surface area contributed by atoms with E-state index in [2.05, 4.69) is 41.4 Å². The van der Waals surface area contributed by atoms with Gasteiger partial charge in [-0.25, -0.2) is 4.39 Å². The first-order valence-corrected chi connectivity index (χ1v) is 16.4. The van der Waals surface area contributed by atoms with E-state index in [-0.39, 0.29) is 16.3 Å². The van der Waals surface area contributed by atoms with Crippen molar-refractivity contribution in [3.63, 3.8) is 0 Å². The summed E-state index contributed by atoms with van der Waals surface area (Å²) in [4.78, 5) is 28.4. The summed E-state index contributed by atoms with van der Waals surface area (Å²) >= 11 is 2.68. The minimum Gasteiger partial charge on any atom is -0.507 e. The van der Waals surface area contributed by atoms with Crippen LogP contribution in [0.1, 0.15) is 48.1 Å². The van der Waals surface area contributed by atoms with Crippen LogP contribution in [0.2, 0.25) is 0 Å². The highest BCUT2D eigenvalue weighted by molar-refractivity contribution is 8.00. The molecule has 10 heteroatoms. The second kappa shape index (κ2) is 13.2. The van der Waals surface area contributed by atoms with Gasteiger partial charge in [0, 0.05) is 11.3 Å². The Hall–Kier alpha value is -4.54. The van der Waals surface area contributed by atoms with Gasteiger partial charge in [0.15, 0.2) is 4.34 Å². The number of aryl methyl sites for hydroxylation is 1. The van der Waals surface area contributed by atoms with Gasteiger partial charge in [0.25, 0.3) is 5.78 Å². The second-order valence-electron chi connectivity index (χ2n) is 10.7. The molecule has 7 nitrogen and oxygen atoms in total. The van der Waals surface area contributed by atoms with Crippen molar-refractivity contribution < 1.29 is 23.8 Å². The first-order valence-electron chi connectivity index (χ1n) is 14.6. The molecular formula is C35H30FN3O4S2. The average molecular weight is 640 g/mol. The van der Waals surface area contributed by atoms with Crippen molar-refractivity contribution in [2.45, 2.75) is 42.8 Å². The summed E-state index contributed by atoms with van der Waals surface area (Å²) in [7, 11) is 0. The van der Waals surface area contributed by atoms with E-state index in [4.69, 9.17) is 4.74 Å². The zero-order valence-electron chi connectivity index (χ0n) is 24.7. The van der Waals surface area contributed by atoms with Crippen LogP contribution >= 0.6 is 23.1 Å². The number of unbranched alkanes of at least 4 members (excludes halogenated alkanes) is 1. The molecule has 1 aromatic heterocycles. The fourth-order valence-electron chi connectivity index (χ4n) is 5.24. The van der Waals surface area contributed by atoms with Crippen molar-refractivity contribution in [3.05, 3.63) is 119 Å². The molecule has 1 fully saturated rings. The third-order valence-electron chi connectivity index (χ3n) is 7.69. The summed E-state index contributed by atoms with van der Waals surface area (Å²) in [6.45, 7) is 4.25. The number of rotatable bonds is 10. The van der Waals surface area contributed by atoms with E-state index in [1.807, 2.05) is 18.2 Å². The molecule has 5 aromatic rings. The van der Waals surface area contributed by atoms with Crippen molar-refractivity contribution in [3.8, 4) is 5.75 Å². The van der Waals surface area contributed by atoms with Gasteiger partial charge in [0.2, 0.25) is 5.13 Å². The Labute approximate surface area is 268 Å². The molecule has 2 heterocycles. The molecule has 0 aliphatic carbocycles. The lowest BCUT2D eigenvalue weighted by molar-refractivity contribution is -0.132. The minimum atomic E-state index is -1.01. The molecule has 0 bridgehead atoms. The van der Waals surface area contributed by atoms with E-state index in [0.29, 0.717) is 33.6 Å². The van der Waals surface area contributed by atoms with E-state index in [1.54, 1.807) is 31.2 Å². The molecule has 1 aliphatic rings. The number of halogens is 1. The van der Waals surface area contributed by atoms with Gasteiger partial charge >= 0.3 is 5.91 Å². The molecule has 6 rings (SSSR count). The van der Waals surface area contributed by atoms with Crippen LogP contribution < -0.4 is 9.64 Å². The smallest absolute Gasteiger partial charge is 0.301 e. The molecule has 1 aliphatic heterocycles. The largest absolute Gasteiger partial charge is 0.507 e. The number of aliphatic hydroxyl groups is 1. The van der Waals surface area contributed by atoms with Crippen molar-refractivity contribution in [2.24, 2.45) is 0 Å². The number of anilines is 1. The molecule has 1 saturated heterocycles. The van der Waals surface area contributed by atoms with Gasteiger partial charge in [-0.15, -0.1) is 10.2 Å². The van der Waals surface area contributed by atoms with Crippen molar-refractivity contribution in [1.82, 2.24) is 10.2 Å². The van der Waals surface area contributed by atoms with Gasteiger partial charge in [-0.3, -0.25) is 14.5 Å². The standard InChI is InChI=1S/C35H30FN3O4S2/c1-3-4-18-43-26-16-14-23(15-17-26)30-29(31(40)24-13-12-21(2)28(36)19-24)32(41)33(42)39(30)34-37-38-35(45-34)44-20-25-10-7-9-22-8-5-6-11-27(22)25/h5-17,19,30,40H,3-4,18,20H2,1-2H3/t30-/m0/s1. The van der Waals surface area contributed by atoms with E-state index in [9.17, 15) is 19.1 Å². The lowest BCUT2D eigenvalue weighted by atomic mass is 9.95. The number of ketones is 1. The van der Waals surface area contributed by atoms with Gasteiger partial charge in [-0.1, -0.05) is 103 Å². The quantitative estimate of drug-likeness (QED) is 0.0411. The van der Waals surface area contributed by atoms with Crippen LogP contribution in [-0.2, 0) is 15.3 Å². The molecule has 0 unspecified atom stereocenters. The number of Topliss-reactive ketones (excluding diaryl/α,β-unsaturated/α-hetero) is 1. The Morgan fingerprint density at radius 1 is 1.02 bits per heavy atom. The maximum absolute atomic E-state index is 14.5. The second-order valence-corrected chi connectivity index (χ2v) is 12.9. The number of aromatic nitrogens is 2. The highest BCUT2D eigenvalue weighted by Gasteiger charge is 2.48. The number of fused-ring (bicyclic) bond motifs is 1. The number of carbonyl (C=O) groups excluding carboxylic acids is 2. The number of hydrogen-bond acceptors (Lipinski definition) is 8. The first kappa shape index (κ1) is 30.5. The Morgan fingerprint density at radius 2 is 1.80 bits per heavy atom. The Morgan fingerprint density at radius 3 is 2.58 bits per heavy atom. The normalized spacial score (nSPS) is 16.1.